The number of hydrogen-bond acceptors (Lipinski definition) is 5. The monoisotopic (exact) mass is 573 g/mol. The van der Waals surface area contributed by atoms with Gasteiger partial charge in [-0.05, 0) is 42.8 Å². The second-order valence-electron chi connectivity index (χ2n) is 7.86. The molecule has 1 amide bonds. The topological polar surface area (TPSA) is 81.9 Å². The molecule has 1 aliphatic heterocycles. The summed E-state index contributed by atoms with van der Waals surface area (Å²) in [6, 6.07) is 8.52. The highest BCUT2D eigenvalue weighted by atomic mass is 127. The van der Waals surface area contributed by atoms with Crippen molar-refractivity contribution in [2.45, 2.75) is 45.1 Å². The third-order valence-electron chi connectivity index (χ3n) is 5.32. The lowest BCUT2D eigenvalue weighted by atomic mass is 10.1. The van der Waals surface area contributed by atoms with Crippen molar-refractivity contribution in [3.8, 4) is 0 Å². The number of hydrogen-bond donors (Lipinski definition) is 3. The van der Waals surface area contributed by atoms with Crippen molar-refractivity contribution in [1.29, 1.82) is 0 Å². The number of guanidine groups is 1. The normalized spacial score (nSPS) is 15.2. The van der Waals surface area contributed by atoms with Crippen LogP contribution in [0.2, 0.25) is 0 Å². The predicted octanol–water partition coefficient (Wildman–Crippen LogP) is 3.27. The van der Waals surface area contributed by atoms with E-state index in [0.29, 0.717) is 12.6 Å². The maximum Gasteiger partial charge on any atom is 0.234 e. The van der Waals surface area contributed by atoms with Crippen LogP contribution in [0.25, 0.3) is 0 Å². The fraction of sp³-hybridized carbons (Fsp3) is 0.565. The lowest BCUT2D eigenvalue weighted by Gasteiger charge is -2.32. The molecule has 7 nitrogen and oxygen atoms in total. The van der Waals surface area contributed by atoms with Crippen molar-refractivity contribution < 1.29 is 9.21 Å². The maximum absolute atomic E-state index is 12.0. The first-order valence-electron chi connectivity index (χ1n) is 11.3. The fourth-order valence-corrected chi connectivity index (χ4v) is 4.29. The number of furan rings is 1. The van der Waals surface area contributed by atoms with Gasteiger partial charge in [-0.1, -0.05) is 13.0 Å². The van der Waals surface area contributed by atoms with Crippen LogP contribution in [0.3, 0.4) is 0 Å². The van der Waals surface area contributed by atoms with E-state index >= 15 is 0 Å². The Morgan fingerprint density at radius 3 is 2.72 bits per heavy atom. The van der Waals surface area contributed by atoms with Gasteiger partial charge in [0.2, 0.25) is 5.91 Å². The number of halogens is 1. The SMILES string of the molecule is CCCNC(=O)CN1CCC(NC(=NCCc2cccs2)NCCc2ccco2)CC1.I. The minimum atomic E-state index is 0. The zero-order valence-electron chi connectivity index (χ0n) is 18.8. The van der Waals surface area contributed by atoms with E-state index in [-0.39, 0.29) is 29.9 Å². The van der Waals surface area contributed by atoms with Gasteiger partial charge in [-0.15, -0.1) is 35.3 Å². The van der Waals surface area contributed by atoms with Gasteiger partial charge in [-0.3, -0.25) is 14.7 Å². The summed E-state index contributed by atoms with van der Waals surface area (Å²) in [4.78, 5) is 20.4. The summed E-state index contributed by atoms with van der Waals surface area (Å²) in [5.74, 6) is 1.96. The van der Waals surface area contributed by atoms with Gasteiger partial charge in [-0.25, -0.2) is 0 Å². The molecule has 0 radical (unpaired) electrons. The van der Waals surface area contributed by atoms with Gasteiger partial charge in [0, 0.05) is 56.5 Å². The molecular weight excluding hydrogens is 537 g/mol. The number of amides is 1. The van der Waals surface area contributed by atoms with Gasteiger partial charge < -0.3 is 20.4 Å². The van der Waals surface area contributed by atoms with Crippen LogP contribution in [0.4, 0.5) is 0 Å². The minimum Gasteiger partial charge on any atom is -0.469 e. The van der Waals surface area contributed by atoms with Crippen LogP contribution in [0, 0.1) is 0 Å². The number of carbonyl (C=O) groups is 1. The van der Waals surface area contributed by atoms with Crippen LogP contribution in [0.15, 0.2) is 45.3 Å². The van der Waals surface area contributed by atoms with Crippen LogP contribution in [0.1, 0.15) is 36.8 Å². The molecule has 32 heavy (non-hydrogen) atoms. The zero-order chi connectivity index (χ0) is 21.7. The second kappa shape index (κ2) is 15.3. The molecule has 1 fully saturated rings. The van der Waals surface area contributed by atoms with Crippen molar-refractivity contribution in [2.75, 3.05) is 39.3 Å². The van der Waals surface area contributed by atoms with Gasteiger partial charge in [0.25, 0.3) is 0 Å². The molecule has 0 saturated carbocycles. The summed E-state index contributed by atoms with van der Waals surface area (Å²) in [6.45, 7) is 6.70. The van der Waals surface area contributed by atoms with E-state index in [1.807, 2.05) is 12.1 Å². The molecule has 1 aliphatic rings. The Morgan fingerprint density at radius 2 is 2.03 bits per heavy atom. The lowest BCUT2D eigenvalue weighted by Crippen LogP contribution is -2.50. The maximum atomic E-state index is 12.0. The van der Waals surface area contributed by atoms with Gasteiger partial charge in [0.15, 0.2) is 5.96 Å². The Kier molecular flexibility index (Phi) is 12.7. The standard InChI is InChI=1S/C23H35N5O2S.HI/c1-2-11-24-22(29)18-28-14-9-19(10-15-28)27-23(25-12-7-20-5-3-16-30-20)26-13-8-21-6-4-17-31-21;/h3-6,16-17,19H,2,7-15,18H2,1H3,(H,24,29)(H2,25,26,27);1H. The van der Waals surface area contributed by atoms with Crippen molar-refractivity contribution in [2.24, 2.45) is 4.99 Å². The number of likely N-dealkylation sites (tertiary alicyclic amines) is 1. The highest BCUT2D eigenvalue weighted by Gasteiger charge is 2.21. The number of rotatable bonds is 11. The van der Waals surface area contributed by atoms with Crippen molar-refractivity contribution in [3.05, 3.63) is 46.5 Å². The lowest BCUT2D eigenvalue weighted by molar-refractivity contribution is -0.122. The zero-order valence-corrected chi connectivity index (χ0v) is 22.0. The number of nitrogens with zero attached hydrogens (tertiary/aromatic N) is 2. The largest absolute Gasteiger partial charge is 0.469 e. The van der Waals surface area contributed by atoms with Crippen LogP contribution in [-0.2, 0) is 17.6 Å². The number of nitrogens with one attached hydrogen (secondary N) is 3. The molecular formula is C23H36IN5O2S. The summed E-state index contributed by atoms with van der Waals surface area (Å²) in [7, 11) is 0. The van der Waals surface area contributed by atoms with E-state index in [1.165, 1.54) is 4.88 Å². The molecule has 9 heteroatoms. The molecule has 3 rings (SSSR count). The van der Waals surface area contributed by atoms with Gasteiger partial charge in [0.05, 0.1) is 12.8 Å². The molecule has 0 bridgehead atoms. The Labute approximate surface area is 212 Å². The van der Waals surface area contributed by atoms with Gasteiger partial charge in [0.1, 0.15) is 5.76 Å². The number of aliphatic imine (C=N–C) groups is 1. The number of piperidine rings is 1. The van der Waals surface area contributed by atoms with E-state index < -0.39 is 0 Å². The quantitative estimate of drug-likeness (QED) is 0.219. The van der Waals surface area contributed by atoms with E-state index in [9.17, 15) is 4.79 Å². The summed E-state index contributed by atoms with van der Waals surface area (Å²) in [5, 5.41) is 12.1. The van der Waals surface area contributed by atoms with E-state index in [4.69, 9.17) is 9.41 Å². The second-order valence-corrected chi connectivity index (χ2v) is 8.89. The molecule has 3 N–H and O–H groups in total. The minimum absolute atomic E-state index is 0. The van der Waals surface area contributed by atoms with E-state index in [0.717, 1.165) is 76.5 Å². The number of carbonyl (C=O) groups excluding carboxylic acids is 1. The first-order valence-corrected chi connectivity index (χ1v) is 12.2. The van der Waals surface area contributed by atoms with Crippen LogP contribution in [-0.4, -0.2) is 62.1 Å². The molecule has 0 unspecified atom stereocenters. The average molecular weight is 574 g/mol. The Bertz CT molecular complexity index is 774. The summed E-state index contributed by atoms with van der Waals surface area (Å²) in [5.41, 5.74) is 0. The van der Waals surface area contributed by atoms with Crippen molar-refractivity contribution >= 4 is 47.2 Å². The molecule has 0 atom stereocenters. The Balaban J connectivity index is 0.00000363. The Morgan fingerprint density at radius 1 is 1.19 bits per heavy atom. The van der Waals surface area contributed by atoms with Gasteiger partial charge in [-0.2, -0.15) is 0 Å². The highest BCUT2D eigenvalue weighted by molar-refractivity contribution is 14.0. The first-order chi connectivity index (χ1) is 15.2. The van der Waals surface area contributed by atoms with E-state index in [1.54, 1.807) is 17.6 Å². The molecule has 1 saturated heterocycles. The molecule has 178 valence electrons. The van der Waals surface area contributed by atoms with E-state index in [2.05, 4.69) is 45.3 Å². The molecule has 2 aromatic heterocycles. The van der Waals surface area contributed by atoms with Crippen molar-refractivity contribution in [3.63, 3.8) is 0 Å². The summed E-state index contributed by atoms with van der Waals surface area (Å²) < 4.78 is 5.43. The summed E-state index contributed by atoms with van der Waals surface area (Å²) in [6.07, 6.45) is 6.47. The highest BCUT2D eigenvalue weighted by Crippen LogP contribution is 2.11. The Hall–Kier alpha value is -1.59. The molecule has 0 aliphatic carbocycles. The third-order valence-corrected chi connectivity index (χ3v) is 6.26. The van der Waals surface area contributed by atoms with Crippen LogP contribution < -0.4 is 16.0 Å². The molecule has 3 heterocycles. The van der Waals surface area contributed by atoms with Crippen LogP contribution in [0.5, 0.6) is 0 Å². The van der Waals surface area contributed by atoms with Crippen molar-refractivity contribution in [1.82, 2.24) is 20.9 Å². The smallest absolute Gasteiger partial charge is 0.234 e. The van der Waals surface area contributed by atoms with Crippen LogP contribution >= 0.6 is 35.3 Å². The van der Waals surface area contributed by atoms with Gasteiger partial charge >= 0.3 is 0 Å². The predicted molar refractivity (Wildman–Crippen MR) is 142 cm³/mol. The molecule has 0 aromatic carbocycles. The fourth-order valence-electron chi connectivity index (χ4n) is 3.60. The molecule has 2 aromatic rings. The molecule has 0 spiro atoms. The average Bonchev–Trinajstić information content (AvgIpc) is 3.48. The summed E-state index contributed by atoms with van der Waals surface area (Å²) >= 11 is 1.78. The third kappa shape index (κ3) is 9.91. The number of thiophene rings is 1. The first kappa shape index (κ1) is 26.7.